The molecule has 0 atom stereocenters. The Bertz CT molecular complexity index is 1270. The fourth-order valence-corrected chi connectivity index (χ4v) is 5.19. The highest BCUT2D eigenvalue weighted by atomic mass is 79.9. The molecule has 1 fully saturated rings. The lowest BCUT2D eigenvalue weighted by Gasteiger charge is -2.39. The van der Waals surface area contributed by atoms with Crippen molar-refractivity contribution >= 4 is 42.1 Å². The van der Waals surface area contributed by atoms with Gasteiger partial charge in [0.1, 0.15) is 5.60 Å². The summed E-state index contributed by atoms with van der Waals surface area (Å²) in [5, 5.41) is 10.9. The maximum atomic E-state index is 12.1. The SMILES string of the molecule is C.C.CNS(=O)(=O)c1ccc(Br)cc1.CNS(=O)(=O)c1ccc(C2(O)CCN(C(=O)OC(C)(C)C)CC2)cc1. The molecule has 3 N–H and O–H groups in total. The number of carbonyl (C=O) groups is 1. The molecule has 0 saturated carbocycles. The number of halogens is 1. The summed E-state index contributed by atoms with van der Waals surface area (Å²) in [6.07, 6.45) is 0.347. The first kappa shape index (κ1) is 37.0. The van der Waals surface area contributed by atoms with Crippen molar-refractivity contribution in [1.29, 1.82) is 0 Å². The second-order valence-electron chi connectivity index (χ2n) is 9.39. The summed E-state index contributed by atoms with van der Waals surface area (Å²) in [5.74, 6) is 0. The van der Waals surface area contributed by atoms with Gasteiger partial charge >= 0.3 is 6.09 Å². The number of piperidine rings is 1. The van der Waals surface area contributed by atoms with Crippen molar-refractivity contribution in [2.24, 2.45) is 0 Å². The van der Waals surface area contributed by atoms with Gasteiger partial charge in [-0.15, -0.1) is 0 Å². The van der Waals surface area contributed by atoms with E-state index < -0.39 is 31.2 Å². The van der Waals surface area contributed by atoms with E-state index in [0.717, 1.165) is 4.47 Å². The molecule has 10 nitrogen and oxygen atoms in total. The molecule has 1 saturated heterocycles. The monoisotopic (exact) mass is 651 g/mol. The fourth-order valence-electron chi connectivity index (χ4n) is 3.47. The lowest BCUT2D eigenvalue weighted by atomic mass is 9.84. The number of ether oxygens (including phenoxy) is 1. The first-order chi connectivity index (χ1) is 17.0. The molecule has 13 heteroatoms. The molecule has 0 spiro atoms. The number of hydrogen-bond donors (Lipinski definition) is 3. The first-order valence-corrected chi connectivity index (χ1v) is 15.2. The highest BCUT2D eigenvalue weighted by Crippen LogP contribution is 2.33. The Labute approximate surface area is 242 Å². The zero-order valence-electron chi connectivity index (χ0n) is 21.5. The van der Waals surface area contributed by atoms with E-state index in [0.29, 0.717) is 31.5 Å². The molecule has 222 valence electrons. The van der Waals surface area contributed by atoms with Gasteiger partial charge in [-0.3, -0.25) is 0 Å². The largest absolute Gasteiger partial charge is 0.444 e. The summed E-state index contributed by atoms with van der Waals surface area (Å²) in [7, 11) is -4.05. The number of nitrogens with zero attached hydrogens (tertiary/aromatic N) is 1. The van der Waals surface area contributed by atoms with Gasteiger partial charge < -0.3 is 14.7 Å². The predicted octanol–water partition coefficient (Wildman–Crippen LogP) is 4.44. The van der Waals surface area contributed by atoms with Crippen LogP contribution >= 0.6 is 15.9 Å². The Morgan fingerprint density at radius 2 is 1.26 bits per heavy atom. The van der Waals surface area contributed by atoms with Gasteiger partial charge in [-0.25, -0.2) is 31.1 Å². The van der Waals surface area contributed by atoms with Crippen molar-refractivity contribution in [1.82, 2.24) is 14.3 Å². The lowest BCUT2D eigenvalue weighted by Crippen LogP contribution is -2.46. The normalized spacial score (nSPS) is 15.1. The molecule has 0 bridgehead atoms. The molecule has 0 unspecified atom stereocenters. The van der Waals surface area contributed by atoms with Crippen LogP contribution in [0.2, 0.25) is 0 Å². The highest BCUT2D eigenvalue weighted by Gasteiger charge is 2.36. The molecule has 1 aliphatic rings. The van der Waals surface area contributed by atoms with E-state index in [1.807, 2.05) is 20.8 Å². The molecule has 2 aromatic carbocycles. The van der Waals surface area contributed by atoms with E-state index in [9.17, 15) is 26.7 Å². The molecule has 39 heavy (non-hydrogen) atoms. The zero-order chi connectivity index (χ0) is 28.1. The van der Waals surface area contributed by atoms with Crippen molar-refractivity contribution in [3.05, 3.63) is 58.6 Å². The van der Waals surface area contributed by atoms with Crippen LogP contribution in [0.25, 0.3) is 0 Å². The van der Waals surface area contributed by atoms with Crippen LogP contribution in [-0.4, -0.2) is 65.7 Å². The summed E-state index contributed by atoms with van der Waals surface area (Å²) >= 11 is 3.22. The van der Waals surface area contributed by atoms with E-state index in [1.165, 1.54) is 38.4 Å². The minimum atomic E-state index is -3.50. The molecule has 2 aromatic rings. The standard InChI is InChI=1S/C17H26N2O5S.C7H8BrNO2S.2CH4/c1-16(2,3)24-15(20)19-11-9-17(21,10-12-19)13-5-7-14(8-6-13)25(22,23)18-4;1-9-12(10,11)7-4-2-6(8)3-5-7;;/h5-8,18,21H,9-12H2,1-4H3;2-5,9H,1H3;2*1H4. The molecule has 1 aliphatic heterocycles. The summed E-state index contributed by atoms with van der Waals surface area (Å²) in [5.41, 5.74) is -0.994. The second kappa shape index (κ2) is 14.6. The topological polar surface area (TPSA) is 142 Å². The smallest absolute Gasteiger partial charge is 0.410 e. The van der Waals surface area contributed by atoms with E-state index in [4.69, 9.17) is 4.74 Å². The number of hydrogen-bond acceptors (Lipinski definition) is 7. The van der Waals surface area contributed by atoms with Gasteiger partial charge in [0.15, 0.2) is 0 Å². The molecular weight excluding hydrogens is 610 g/mol. The van der Waals surface area contributed by atoms with Crippen LogP contribution in [0, 0.1) is 0 Å². The number of benzene rings is 2. The van der Waals surface area contributed by atoms with E-state index in [2.05, 4.69) is 25.4 Å². The average Bonchev–Trinajstić information content (AvgIpc) is 2.84. The van der Waals surface area contributed by atoms with E-state index in [-0.39, 0.29) is 30.7 Å². The number of likely N-dealkylation sites (tertiary alicyclic amines) is 1. The highest BCUT2D eigenvalue weighted by molar-refractivity contribution is 9.10. The number of rotatable bonds is 5. The Balaban J connectivity index is 0.000000875. The van der Waals surface area contributed by atoms with Crippen molar-refractivity contribution in [2.75, 3.05) is 27.2 Å². The minimum absolute atomic E-state index is 0. The van der Waals surface area contributed by atoms with Crippen molar-refractivity contribution in [2.45, 2.75) is 69.5 Å². The van der Waals surface area contributed by atoms with Crippen LogP contribution in [0.5, 0.6) is 0 Å². The molecular formula is C26H42BrN3O7S2. The summed E-state index contributed by atoms with van der Waals surface area (Å²) < 4.78 is 56.6. The maximum absolute atomic E-state index is 12.1. The van der Waals surface area contributed by atoms with Gasteiger partial charge in [0.25, 0.3) is 0 Å². The summed E-state index contributed by atoms with van der Waals surface area (Å²) in [6, 6.07) is 12.6. The molecule has 0 radical (unpaired) electrons. The summed E-state index contributed by atoms with van der Waals surface area (Å²) in [4.78, 5) is 14.1. The van der Waals surface area contributed by atoms with E-state index >= 15 is 0 Å². The van der Waals surface area contributed by atoms with Gasteiger partial charge in [0, 0.05) is 17.6 Å². The van der Waals surface area contributed by atoms with Crippen LogP contribution in [0.15, 0.2) is 62.8 Å². The van der Waals surface area contributed by atoms with Gasteiger partial charge in [-0.05, 0) is 89.7 Å². The fraction of sp³-hybridized carbons (Fsp3) is 0.500. The molecule has 1 heterocycles. The minimum Gasteiger partial charge on any atom is -0.444 e. The van der Waals surface area contributed by atoms with Crippen LogP contribution in [0.1, 0.15) is 54.0 Å². The van der Waals surface area contributed by atoms with Crippen LogP contribution in [0.3, 0.4) is 0 Å². The predicted molar refractivity (Wildman–Crippen MR) is 157 cm³/mol. The number of nitrogens with one attached hydrogen (secondary N) is 2. The third-order valence-corrected chi connectivity index (χ3v) is 8.99. The van der Waals surface area contributed by atoms with Crippen LogP contribution in [0.4, 0.5) is 4.79 Å². The maximum Gasteiger partial charge on any atom is 0.410 e. The van der Waals surface area contributed by atoms with Gasteiger partial charge in [-0.2, -0.15) is 0 Å². The Morgan fingerprint density at radius 1 is 0.872 bits per heavy atom. The van der Waals surface area contributed by atoms with Crippen LogP contribution in [-0.2, 0) is 30.4 Å². The van der Waals surface area contributed by atoms with Crippen molar-refractivity contribution in [3.63, 3.8) is 0 Å². The molecule has 3 rings (SSSR count). The number of aliphatic hydroxyl groups is 1. The van der Waals surface area contributed by atoms with Crippen molar-refractivity contribution in [3.8, 4) is 0 Å². The van der Waals surface area contributed by atoms with Gasteiger partial charge in [-0.1, -0.05) is 42.9 Å². The van der Waals surface area contributed by atoms with Gasteiger partial charge in [0.2, 0.25) is 20.0 Å². The van der Waals surface area contributed by atoms with E-state index in [1.54, 1.807) is 29.2 Å². The number of sulfonamides is 2. The second-order valence-corrected chi connectivity index (χ2v) is 14.1. The number of carbonyl (C=O) groups excluding carboxylic acids is 1. The first-order valence-electron chi connectivity index (χ1n) is 11.5. The van der Waals surface area contributed by atoms with Gasteiger partial charge in [0.05, 0.1) is 15.4 Å². The third kappa shape index (κ3) is 10.5. The summed E-state index contributed by atoms with van der Waals surface area (Å²) in [6.45, 7) is 6.19. The Hall–Kier alpha value is -2.03. The molecule has 0 aromatic heterocycles. The van der Waals surface area contributed by atoms with Crippen molar-refractivity contribution < 1.29 is 31.5 Å². The molecule has 0 aliphatic carbocycles. The Kier molecular flexibility index (Phi) is 13.8. The molecule has 1 amide bonds. The average molecular weight is 653 g/mol. The quantitative estimate of drug-likeness (QED) is 0.434. The Morgan fingerprint density at radius 3 is 1.62 bits per heavy atom. The third-order valence-electron chi connectivity index (χ3n) is 5.61. The van der Waals surface area contributed by atoms with Crippen LogP contribution < -0.4 is 9.44 Å². The lowest BCUT2D eigenvalue weighted by molar-refractivity contribution is -0.0356. The number of amides is 1. The zero-order valence-corrected chi connectivity index (χ0v) is 24.7.